The summed E-state index contributed by atoms with van der Waals surface area (Å²) >= 11 is 0. The fourth-order valence-corrected chi connectivity index (χ4v) is 6.08. The Morgan fingerprint density at radius 2 is 1.76 bits per heavy atom. The highest BCUT2D eigenvalue weighted by atomic mass is 32.2. The van der Waals surface area contributed by atoms with Gasteiger partial charge in [-0.1, -0.05) is 24.6 Å². The molecule has 0 fully saturated rings. The van der Waals surface area contributed by atoms with Crippen LogP contribution in [0.15, 0.2) is 47.4 Å². The van der Waals surface area contributed by atoms with Crippen molar-refractivity contribution in [3.05, 3.63) is 53.6 Å². The minimum Gasteiger partial charge on any atom is -0.490 e. The topological polar surface area (TPSA) is 99.6 Å². The molecule has 0 aliphatic carbocycles. The fourth-order valence-electron chi connectivity index (χ4n) is 4.89. The zero-order chi connectivity index (χ0) is 30.3. The molecule has 0 bridgehead atoms. The van der Waals surface area contributed by atoms with E-state index >= 15 is 0 Å². The molecular weight excluding hydrogens is 542 g/mol. The first-order valence-electron chi connectivity index (χ1n) is 14.4. The molecule has 4 atom stereocenters. The van der Waals surface area contributed by atoms with E-state index in [-0.39, 0.29) is 42.5 Å². The first-order valence-corrected chi connectivity index (χ1v) is 15.8. The molecule has 0 radical (unpaired) electrons. The summed E-state index contributed by atoms with van der Waals surface area (Å²) in [6.07, 6.45) is 1.87. The summed E-state index contributed by atoms with van der Waals surface area (Å²) in [5, 5.41) is 10.1. The second-order valence-corrected chi connectivity index (χ2v) is 13.5. The Hall–Kier alpha value is -2.66. The summed E-state index contributed by atoms with van der Waals surface area (Å²) in [5.41, 5.74) is 2.28. The zero-order valence-corrected chi connectivity index (χ0v) is 26.4. The number of nitrogens with zero attached hydrogens (tertiary/aromatic N) is 3. The van der Waals surface area contributed by atoms with Crippen LogP contribution in [-0.4, -0.2) is 94.3 Å². The molecule has 1 amide bonds. The Labute approximate surface area is 246 Å². The summed E-state index contributed by atoms with van der Waals surface area (Å²) in [5.74, 6) is 0.0392. The monoisotopic (exact) mass is 589 g/mol. The molecule has 2 aromatic rings. The standard InChI is InChI=1S/C31H47N3O6S/c1-22-11-14-27(15-12-22)41(37,38)33(7)20-30-23(2)19-34(24(3)21-35)31(36)28-18-26(32(5)6)13-16-29(28)40-25(4)10-8-9-17-39-30/h11-16,18,23-25,30,35H,8-10,17,19-21H2,1-7H3/t23-,24-,25-,30+/m1/s1. The minimum atomic E-state index is -3.73. The summed E-state index contributed by atoms with van der Waals surface area (Å²) in [6.45, 7) is 8.32. The summed E-state index contributed by atoms with van der Waals surface area (Å²) < 4.78 is 40.6. The first kappa shape index (κ1) is 32.8. The molecule has 10 heteroatoms. The van der Waals surface area contributed by atoms with Gasteiger partial charge in [-0.3, -0.25) is 4.79 Å². The maximum absolute atomic E-state index is 14.1. The molecule has 1 aliphatic rings. The largest absolute Gasteiger partial charge is 0.490 e. The maximum Gasteiger partial charge on any atom is 0.258 e. The van der Waals surface area contributed by atoms with Crippen molar-refractivity contribution in [3.8, 4) is 5.75 Å². The summed E-state index contributed by atoms with van der Waals surface area (Å²) in [4.78, 5) is 17.9. The molecule has 228 valence electrons. The van der Waals surface area contributed by atoms with Gasteiger partial charge in [0.25, 0.3) is 5.91 Å². The van der Waals surface area contributed by atoms with Crippen LogP contribution < -0.4 is 9.64 Å². The van der Waals surface area contributed by atoms with Crippen molar-refractivity contribution >= 4 is 21.6 Å². The molecule has 1 N–H and O–H groups in total. The third kappa shape index (κ3) is 8.44. The molecule has 2 aromatic carbocycles. The van der Waals surface area contributed by atoms with E-state index in [1.165, 1.54) is 4.31 Å². The van der Waals surface area contributed by atoms with Crippen molar-refractivity contribution in [3.63, 3.8) is 0 Å². The van der Waals surface area contributed by atoms with Gasteiger partial charge in [-0.2, -0.15) is 4.31 Å². The number of anilines is 1. The number of fused-ring (bicyclic) bond motifs is 1. The normalized spacial score (nSPS) is 22.0. The average Bonchev–Trinajstić information content (AvgIpc) is 2.93. The van der Waals surface area contributed by atoms with Gasteiger partial charge in [-0.25, -0.2) is 8.42 Å². The molecule has 9 nitrogen and oxygen atoms in total. The van der Waals surface area contributed by atoms with E-state index in [4.69, 9.17) is 9.47 Å². The van der Waals surface area contributed by atoms with E-state index in [2.05, 4.69) is 0 Å². The van der Waals surface area contributed by atoms with Crippen LogP contribution in [0.4, 0.5) is 5.69 Å². The van der Waals surface area contributed by atoms with Crippen LogP contribution in [0, 0.1) is 12.8 Å². The predicted octanol–water partition coefficient (Wildman–Crippen LogP) is 4.18. The van der Waals surface area contributed by atoms with Gasteiger partial charge in [0.15, 0.2) is 0 Å². The highest BCUT2D eigenvalue weighted by molar-refractivity contribution is 7.89. The number of ether oxygens (including phenoxy) is 2. The molecule has 0 saturated heterocycles. The van der Waals surface area contributed by atoms with Crippen molar-refractivity contribution < 1.29 is 27.8 Å². The Morgan fingerprint density at radius 1 is 1.07 bits per heavy atom. The summed E-state index contributed by atoms with van der Waals surface area (Å²) in [7, 11) is 1.66. The van der Waals surface area contributed by atoms with Crippen molar-refractivity contribution in [1.29, 1.82) is 0 Å². The lowest BCUT2D eigenvalue weighted by atomic mass is 10.0. The van der Waals surface area contributed by atoms with Crippen LogP contribution in [0.1, 0.15) is 56.0 Å². The summed E-state index contributed by atoms with van der Waals surface area (Å²) in [6, 6.07) is 11.9. The van der Waals surface area contributed by atoms with E-state index in [0.717, 1.165) is 30.5 Å². The van der Waals surface area contributed by atoms with E-state index in [1.807, 2.05) is 58.0 Å². The molecule has 0 unspecified atom stereocenters. The number of carbonyl (C=O) groups excluding carboxylic acids is 1. The lowest BCUT2D eigenvalue weighted by Gasteiger charge is -2.35. The van der Waals surface area contributed by atoms with Crippen molar-refractivity contribution in [2.75, 3.05) is 52.3 Å². The number of carbonyl (C=O) groups is 1. The van der Waals surface area contributed by atoms with Crippen molar-refractivity contribution in [1.82, 2.24) is 9.21 Å². The smallest absolute Gasteiger partial charge is 0.258 e. The molecule has 0 saturated carbocycles. The number of aliphatic hydroxyl groups excluding tert-OH is 1. The van der Waals surface area contributed by atoms with Gasteiger partial charge in [0.2, 0.25) is 10.0 Å². The van der Waals surface area contributed by atoms with Crippen LogP contribution in [0.5, 0.6) is 5.75 Å². The van der Waals surface area contributed by atoms with Crippen LogP contribution in [-0.2, 0) is 14.8 Å². The van der Waals surface area contributed by atoms with Gasteiger partial charge < -0.3 is 24.4 Å². The molecule has 41 heavy (non-hydrogen) atoms. The number of hydrogen-bond donors (Lipinski definition) is 1. The molecule has 1 aliphatic heterocycles. The second kappa shape index (κ2) is 14.5. The number of rotatable bonds is 7. The number of benzene rings is 2. The van der Waals surface area contributed by atoms with Gasteiger partial charge in [-0.15, -0.1) is 0 Å². The number of aryl methyl sites for hydroxylation is 1. The fraction of sp³-hybridized carbons (Fsp3) is 0.581. The number of amides is 1. The van der Waals surface area contributed by atoms with E-state index in [0.29, 0.717) is 17.9 Å². The van der Waals surface area contributed by atoms with Crippen LogP contribution >= 0.6 is 0 Å². The zero-order valence-electron chi connectivity index (χ0n) is 25.5. The number of sulfonamides is 1. The molecular formula is C31H47N3O6S. The molecule has 1 heterocycles. The first-order chi connectivity index (χ1) is 19.3. The van der Waals surface area contributed by atoms with Gasteiger partial charge in [0.1, 0.15) is 5.75 Å². The number of hydrogen-bond acceptors (Lipinski definition) is 7. The highest BCUT2D eigenvalue weighted by Gasteiger charge is 2.32. The van der Waals surface area contributed by atoms with Gasteiger partial charge in [-0.05, 0) is 70.4 Å². The third-order valence-electron chi connectivity index (χ3n) is 7.72. The molecule has 0 spiro atoms. The van der Waals surface area contributed by atoms with E-state index in [1.54, 1.807) is 43.1 Å². The van der Waals surface area contributed by atoms with E-state index in [9.17, 15) is 18.3 Å². The molecule has 0 aromatic heterocycles. The van der Waals surface area contributed by atoms with Gasteiger partial charge in [0.05, 0.1) is 35.3 Å². The quantitative estimate of drug-likeness (QED) is 0.517. The van der Waals surface area contributed by atoms with Crippen molar-refractivity contribution in [2.45, 2.75) is 70.1 Å². The van der Waals surface area contributed by atoms with Crippen LogP contribution in [0.25, 0.3) is 0 Å². The van der Waals surface area contributed by atoms with Crippen molar-refractivity contribution in [2.24, 2.45) is 5.92 Å². The predicted molar refractivity (Wildman–Crippen MR) is 162 cm³/mol. The van der Waals surface area contributed by atoms with Crippen LogP contribution in [0.3, 0.4) is 0 Å². The number of aliphatic hydroxyl groups is 1. The Morgan fingerprint density at radius 3 is 2.39 bits per heavy atom. The minimum absolute atomic E-state index is 0.112. The lowest BCUT2D eigenvalue weighted by Crippen LogP contribution is -2.48. The SMILES string of the molecule is Cc1ccc(S(=O)(=O)N(C)C[C@@H]2OCCCC[C@@H](C)Oc3ccc(N(C)C)cc3C(=O)N([C@H](C)CO)C[C@H]2C)cc1. The maximum atomic E-state index is 14.1. The average molecular weight is 590 g/mol. The Bertz CT molecular complexity index is 1250. The third-order valence-corrected chi connectivity index (χ3v) is 9.56. The Kier molecular flexibility index (Phi) is 11.6. The lowest BCUT2D eigenvalue weighted by molar-refractivity contribution is -0.00833. The highest BCUT2D eigenvalue weighted by Crippen LogP contribution is 2.29. The van der Waals surface area contributed by atoms with Gasteiger partial charge in [0, 0.05) is 52.4 Å². The second-order valence-electron chi connectivity index (χ2n) is 11.5. The van der Waals surface area contributed by atoms with Crippen LogP contribution in [0.2, 0.25) is 0 Å². The number of likely N-dealkylation sites (N-methyl/N-ethyl adjacent to an activating group) is 1. The Balaban J connectivity index is 1.96. The van der Waals surface area contributed by atoms with Gasteiger partial charge >= 0.3 is 0 Å². The van der Waals surface area contributed by atoms with E-state index < -0.39 is 22.2 Å². The molecule has 3 rings (SSSR count).